The highest BCUT2D eigenvalue weighted by Gasteiger charge is 2.14. The first-order valence-corrected chi connectivity index (χ1v) is 10.4. The largest absolute Gasteiger partial charge is 0.493 e. The average Bonchev–Trinajstić information content (AvgIpc) is 3.34. The number of aromatic nitrogens is 2. The van der Waals surface area contributed by atoms with Gasteiger partial charge < -0.3 is 14.8 Å². The summed E-state index contributed by atoms with van der Waals surface area (Å²) in [4.78, 5) is 21.4. The number of benzene rings is 2. The second-order valence-corrected chi connectivity index (χ2v) is 8.07. The summed E-state index contributed by atoms with van der Waals surface area (Å²) in [7, 11) is 3.17. The van der Waals surface area contributed by atoms with Crippen molar-refractivity contribution in [2.24, 2.45) is 0 Å². The maximum atomic E-state index is 12.5. The number of ether oxygens (including phenoxy) is 2. The topological polar surface area (TPSA) is 85.4 Å². The van der Waals surface area contributed by atoms with Crippen molar-refractivity contribution < 1.29 is 14.3 Å². The molecule has 1 amide bonds. The Morgan fingerprint density at radius 2 is 1.83 bits per heavy atom. The first-order valence-electron chi connectivity index (χ1n) is 8.69. The van der Waals surface area contributed by atoms with E-state index in [1.807, 2.05) is 31.2 Å². The molecule has 0 fully saturated rings. The second kappa shape index (κ2) is 8.06. The molecule has 29 heavy (non-hydrogen) atoms. The number of hydrogen-bond donors (Lipinski definition) is 2. The highest BCUT2D eigenvalue weighted by molar-refractivity contribution is 7.22. The zero-order valence-corrected chi connectivity index (χ0v) is 17.6. The van der Waals surface area contributed by atoms with Crippen LogP contribution in [0, 0.1) is 6.92 Å². The van der Waals surface area contributed by atoms with E-state index in [0.717, 1.165) is 21.5 Å². The summed E-state index contributed by atoms with van der Waals surface area (Å²) in [6, 6.07) is 11.5. The number of thiazole rings is 2. The molecule has 2 N–H and O–H groups in total. The minimum Gasteiger partial charge on any atom is -0.493 e. The molecule has 4 aromatic rings. The predicted molar refractivity (Wildman–Crippen MR) is 117 cm³/mol. The fourth-order valence-electron chi connectivity index (χ4n) is 2.72. The standard InChI is InChI=1S/C20H18N4O3S2/c1-11-4-6-13-17(8-11)29-20(22-13)24-18(25)14-10-28-19(23-14)21-12-5-7-15(26-2)16(9-12)27-3/h4-10H,1-3H3,(H,21,23)(H,22,24,25). The van der Waals surface area contributed by atoms with E-state index < -0.39 is 0 Å². The van der Waals surface area contributed by atoms with Gasteiger partial charge in [-0.15, -0.1) is 11.3 Å². The maximum Gasteiger partial charge on any atom is 0.276 e. The number of nitrogens with zero attached hydrogens (tertiary/aromatic N) is 2. The lowest BCUT2D eigenvalue weighted by Gasteiger charge is -2.09. The van der Waals surface area contributed by atoms with Crippen LogP contribution in [0.1, 0.15) is 16.1 Å². The minimum atomic E-state index is -0.294. The molecule has 2 aromatic carbocycles. The molecule has 0 radical (unpaired) electrons. The number of carbonyl (C=O) groups excluding carboxylic acids is 1. The third-order valence-corrected chi connectivity index (χ3v) is 5.83. The molecular weight excluding hydrogens is 408 g/mol. The summed E-state index contributed by atoms with van der Waals surface area (Å²) in [5.74, 6) is 0.957. The smallest absolute Gasteiger partial charge is 0.276 e. The predicted octanol–water partition coefficient (Wildman–Crippen LogP) is 5.07. The molecule has 0 atom stereocenters. The molecule has 0 saturated heterocycles. The van der Waals surface area contributed by atoms with Crippen molar-refractivity contribution in [2.45, 2.75) is 6.92 Å². The number of nitrogens with one attached hydrogen (secondary N) is 2. The molecule has 0 aliphatic heterocycles. The quantitative estimate of drug-likeness (QED) is 0.447. The summed E-state index contributed by atoms with van der Waals surface area (Å²) in [5, 5.41) is 8.86. The third-order valence-electron chi connectivity index (χ3n) is 4.14. The van der Waals surface area contributed by atoms with Crippen molar-refractivity contribution in [3.63, 3.8) is 0 Å². The molecule has 9 heteroatoms. The Kier molecular flexibility index (Phi) is 5.32. The van der Waals surface area contributed by atoms with Crippen LogP contribution in [0.15, 0.2) is 41.8 Å². The van der Waals surface area contributed by atoms with Crippen molar-refractivity contribution in [1.29, 1.82) is 0 Å². The van der Waals surface area contributed by atoms with E-state index >= 15 is 0 Å². The lowest BCUT2D eigenvalue weighted by Crippen LogP contribution is -2.12. The number of fused-ring (bicyclic) bond motifs is 1. The van der Waals surface area contributed by atoms with E-state index in [9.17, 15) is 4.79 Å². The van der Waals surface area contributed by atoms with E-state index in [2.05, 4.69) is 26.7 Å². The number of carbonyl (C=O) groups is 1. The first kappa shape index (κ1) is 19.2. The summed E-state index contributed by atoms with van der Waals surface area (Å²) in [6.45, 7) is 2.03. The van der Waals surface area contributed by atoms with Gasteiger partial charge in [-0.05, 0) is 36.8 Å². The monoisotopic (exact) mass is 426 g/mol. The van der Waals surface area contributed by atoms with Gasteiger partial charge in [-0.25, -0.2) is 9.97 Å². The third kappa shape index (κ3) is 4.15. The Bertz CT molecular complexity index is 1190. The van der Waals surface area contributed by atoms with Crippen molar-refractivity contribution in [3.8, 4) is 11.5 Å². The van der Waals surface area contributed by atoms with Gasteiger partial charge in [0.2, 0.25) is 0 Å². The molecule has 4 rings (SSSR count). The number of aryl methyl sites for hydroxylation is 1. The molecule has 7 nitrogen and oxygen atoms in total. The molecule has 0 spiro atoms. The average molecular weight is 427 g/mol. The molecule has 0 aliphatic rings. The number of anilines is 3. The van der Waals surface area contributed by atoms with Crippen LogP contribution in [0.4, 0.5) is 16.0 Å². The second-order valence-electron chi connectivity index (χ2n) is 6.18. The lowest BCUT2D eigenvalue weighted by molar-refractivity contribution is 0.102. The number of rotatable bonds is 6. The van der Waals surface area contributed by atoms with Crippen LogP contribution in [0.2, 0.25) is 0 Å². The van der Waals surface area contributed by atoms with E-state index in [1.54, 1.807) is 25.7 Å². The molecule has 0 saturated carbocycles. The van der Waals surface area contributed by atoms with Crippen LogP contribution in [0.5, 0.6) is 11.5 Å². The lowest BCUT2D eigenvalue weighted by atomic mass is 10.2. The van der Waals surface area contributed by atoms with E-state index in [1.165, 1.54) is 22.7 Å². The van der Waals surface area contributed by atoms with Crippen molar-refractivity contribution in [1.82, 2.24) is 9.97 Å². The molecule has 0 unspecified atom stereocenters. The van der Waals surface area contributed by atoms with Crippen molar-refractivity contribution >= 4 is 54.7 Å². The highest BCUT2D eigenvalue weighted by atomic mass is 32.1. The van der Waals surface area contributed by atoms with Crippen molar-refractivity contribution in [3.05, 3.63) is 53.0 Å². The van der Waals surface area contributed by atoms with Crippen LogP contribution >= 0.6 is 22.7 Å². The fraction of sp³-hybridized carbons (Fsp3) is 0.150. The number of methoxy groups -OCH3 is 2. The van der Waals surface area contributed by atoms with E-state index in [0.29, 0.717) is 27.5 Å². The van der Waals surface area contributed by atoms with Crippen LogP contribution in [-0.4, -0.2) is 30.1 Å². The SMILES string of the molecule is COc1ccc(Nc2nc(C(=O)Nc3nc4ccc(C)cc4s3)cs2)cc1OC. The maximum absolute atomic E-state index is 12.5. The van der Waals surface area contributed by atoms with Gasteiger partial charge in [0, 0.05) is 17.1 Å². The Morgan fingerprint density at radius 1 is 1.00 bits per heavy atom. The fourth-order valence-corrected chi connectivity index (χ4v) is 4.39. The van der Waals surface area contributed by atoms with Gasteiger partial charge >= 0.3 is 0 Å². The molecule has 148 valence electrons. The number of amides is 1. The van der Waals surface area contributed by atoms with E-state index in [4.69, 9.17) is 9.47 Å². The number of hydrogen-bond acceptors (Lipinski definition) is 8. The Labute approximate surface area is 175 Å². The van der Waals surface area contributed by atoms with Crippen LogP contribution in [0.25, 0.3) is 10.2 Å². The van der Waals surface area contributed by atoms with Gasteiger partial charge in [-0.1, -0.05) is 17.4 Å². The summed E-state index contributed by atoms with van der Waals surface area (Å²) in [5.41, 5.74) is 3.13. The molecular formula is C20H18N4O3S2. The Hall–Kier alpha value is -3.17. The summed E-state index contributed by atoms with van der Waals surface area (Å²) >= 11 is 2.78. The Morgan fingerprint density at radius 3 is 2.62 bits per heavy atom. The normalized spacial score (nSPS) is 10.7. The first-order chi connectivity index (χ1) is 14.1. The molecule has 0 bridgehead atoms. The minimum absolute atomic E-state index is 0.294. The van der Waals surface area contributed by atoms with Gasteiger partial charge in [0.25, 0.3) is 5.91 Å². The molecule has 2 heterocycles. The van der Waals surface area contributed by atoms with Crippen LogP contribution in [-0.2, 0) is 0 Å². The van der Waals surface area contributed by atoms with Crippen molar-refractivity contribution in [2.75, 3.05) is 24.9 Å². The highest BCUT2D eigenvalue weighted by Crippen LogP contribution is 2.32. The summed E-state index contributed by atoms with van der Waals surface area (Å²) < 4.78 is 11.6. The van der Waals surface area contributed by atoms with Crippen LogP contribution < -0.4 is 20.1 Å². The van der Waals surface area contributed by atoms with Gasteiger partial charge in [-0.3, -0.25) is 10.1 Å². The van der Waals surface area contributed by atoms with Gasteiger partial charge in [0.15, 0.2) is 21.8 Å². The van der Waals surface area contributed by atoms with Crippen LogP contribution in [0.3, 0.4) is 0 Å². The van der Waals surface area contributed by atoms with E-state index in [-0.39, 0.29) is 5.91 Å². The molecule has 2 aromatic heterocycles. The van der Waals surface area contributed by atoms with Gasteiger partial charge in [-0.2, -0.15) is 0 Å². The zero-order chi connectivity index (χ0) is 20.4. The Balaban J connectivity index is 1.47. The van der Waals surface area contributed by atoms with Gasteiger partial charge in [0.05, 0.1) is 24.4 Å². The zero-order valence-electron chi connectivity index (χ0n) is 16.0. The van der Waals surface area contributed by atoms with Gasteiger partial charge in [0.1, 0.15) is 5.69 Å². The summed E-state index contributed by atoms with van der Waals surface area (Å²) in [6.07, 6.45) is 0. The molecule has 0 aliphatic carbocycles.